The van der Waals surface area contributed by atoms with Crippen LogP contribution in [-0.4, -0.2) is 40.5 Å². The molecule has 0 radical (unpaired) electrons. The van der Waals surface area contributed by atoms with E-state index >= 15 is 0 Å². The number of carbonyl (C=O) groups excluding carboxylic acids is 1. The van der Waals surface area contributed by atoms with E-state index in [1.807, 2.05) is 18.2 Å². The molecule has 8 nitrogen and oxygen atoms in total. The maximum Gasteiger partial charge on any atom is 0.254 e. The van der Waals surface area contributed by atoms with Crippen molar-refractivity contribution >= 4 is 40.6 Å². The number of ether oxygens (including phenoxy) is 1. The number of amides is 1. The predicted molar refractivity (Wildman–Crippen MR) is 133 cm³/mol. The zero-order chi connectivity index (χ0) is 23.8. The summed E-state index contributed by atoms with van der Waals surface area (Å²) in [4.78, 5) is 23.6. The molecule has 0 bridgehead atoms. The lowest BCUT2D eigenvalue weighted by molar-refractivity contribution is 0.0966. The molecule has 9 heteroatoms. The molecule has 176 valence electrons. The quantitative estimate of drug-likeness (QED) is 0.475. The van der Waals surface area contributed by atoms with Crippen LogP contribution in [0.3, 0.4) is 0 Å². The van der Waals surface area contributed by atoms with Gasteiger partial charge in [-0.1, -0.05) is 23.7 Å². The SMILES string of the molecule is COc1cc2c(cc1Nc1ncc(Cl)c(Nc3cccc4c3C(=O)NC4)n1)CCN(C(C)C)C2. The number of fused-ring (bicyclic) bond motifs is 2. The van der Waals surface area contributed by atoms with Gasteiger partial charge in [-0.2, -0.15) is 4.98 Å². The van der Waals surface area contributed by atoms with Crippen LogP contribution in [0.1, 0.15) is 40.9 Å². The van der Waals surface area contributed by atoms with E-state index in [0.717, 1.165) is 36.5 Å². The minimum atomic E-state index is -0.114. The first kappa shape index (κ1) is 22.4. The third-order valence-corrected chi connectivity index (χ3v) is 6.63. The van der Waals surface area contributed by atoms with Crippen LogP contribution in [0.5, 0.6) is 5.75 Å². The predicted octanol–water partition coefficient (Wildman–Crippen LogP) is 4.64. The van der Waals surface area contributed by atoms with E-state index in [9.17, 15) is 4.79 Å². The van der Waals surface area contributed by atoms with Crippen molar-refractivity contribution in [2.75, 3.05) is 24.3 Å². The van der Waals surface area contributed by atoms with Crippen molar-refractivity contribution in [2.24, 2.45) is 0 Å². The van der Waals surface area contributed by atoms with Crippen LogP contribution in [0.25, 0.3) is 0 Å². The summed E-state index contributed by atoms with van der Waals surface area (Å²) in [5, 5.41) is 9.68. The number of aromatic nitrogens is 2. The number of anilines is 4. The molecule has 2 aliphatic rings. The van der Waals surface area contributed by atoms with Crippen molar-refractivity contribution in [3.8, 4) is 5.75 Å². The van der Waals surface area contributed by atoms with Crippen LogP contribution in [0.4, 0.5) is 23.1 Å². The first-order valence-electron chi connectivity index (χ1n) is 11.3. The fourth-order valence-electron chi connectivity index (χ4n) is 4.46. The molecule has 1 aromatic heterocycles. The minimum absolute atomic E-state index is 0.114. The fraction of sp³-hybridized carbons (Fsp3) is 0.320. The van der Waals surface area contributed by atoms with Gasteiger partial charge in [-0.25, -0.2) is 4.98 Å². The molecule has 3 aromatic rings. The molecule has 3 heterocycles. The molecule has 0 saturated carbocycles. The molecule has 0 aliphatic carbocycles. The normalized spacial score (nSPS) is 15.0. The number of rotatable bonds is 6. The number of halogens is 1. The Morgan fingerprint density at radius 2 is 2.00 bits per heavy atom. The van der Waals surface area contributed by atoms with Crippen LogP contribution >= 0.6 is 11.6 Å². The molecule has 34 heavy (non-hydrogen) atoms. The molecule has 5 rings (SSSR count). The van der Waals surface area contributed by atoms with Gasteiger partial charge in [0.2, 0.25) is 5.95 Å². The summed E-state index contributed by atoms with van der Waals surface area (Å²) < 4.78 is 5.67. The van der Waals surface area contributed by atoms with Crippen LogP contribution in [0.15, 0.2) is 36.5 Å². The van der Waals surface area contributed by atoms with E-state index in [1.165, 1.54) is 17.3 Å². The minimum Gasteiger partial charge on any atom is -0.495 e. The smallest absolute Gasteiger partial charge is 0.254 e. The number of nitrogens with zero attached hydrogens (tertiary/aromatic N) is 3. The van der Waals surface area contributed by atoms with Gasteiger partial charge in [-0.15, -0.1) is 0 Å². The van der Waals surface area contributed by atoms with E-state index in [4.69, 9.17) is 16.3 Å². The van der Waals surface area contributed by atoms with E-state index in [0.29, 0.717) is 40.6 Å². The molecule has 0 fully saturated rings. The number of hydrogen-bond acceptors (Lipinski definition) is 7. The Morgan fingerprint density at radius 3 is 2.79 bits per heavy atom. The summed E-state index contributed by atoms with van der Waals surface area (Å²) in [7, 11) is 1.66. The Labute approximate surface area is 203 Å². The van der Waals surface area contributed by atoms with Gasteiger partial charge in [0.1, 0.15) is 10.8 Å². The van der Waals surface area contributed by atoms with Gasteiger partial charge in [0.15, 0.2) is 5.82 Å². The summed E-state index contributed by atoms with van der Waals surface area (Å²) in [5.74, 6) is 1.41. The van der Waals surface area contributed by atoms with Gasteiger partial charge < -0.3 is 20.7 Å². The third kappa shape index (κ3) is 4.26. The Hall–Kier alpha value is -3.36. The highest BCUT2D eigenvalue weighted by molar-refractivity contribution is 6.33. The van der Waals surface area contributed by atoms with Crippen LogP contribution in [0, 0.1) is 0 Å². The van der Waals surface area contributed by atoms with Crippen molar-refractivity contribution in [3.05, 3.63) is 63.8 Å². The second kappa shape index (κ2) is 9.12. The van der Waals surface area contributed by atoms with Crippen LogP contribution in [0.2, 0.25) is 5.02 Å². The number of methoxy groups -OCH3 is 1. The summed E-state index contributed by atoms with van der Waals surface area (Å²) in [6.07, 6.45) is 2.51. The molecule has 3 N–H and O–H groups in total. The number of nitrogens with one attached hydrogen (secondary N) is 3. The van der Waals surface area contributed by atoms with Crippen molar-refractivity contribution in [1.82, 2.24) is 20.2 Å². The van der Waals surface area contributed by atoms with Gasteiger partial charge in [0.25, 0.3) is 5.91 Å². The molecule has 0 atom stereocenters. The molecule has 0 saturated heterocycles. The molecular formula is C25H27ClN6O2. The maximum absolute atomic E-state index is 12.3. The summed E-state index contributed by atoms with van der Waals surface area (Å²) in [6.45, 7) is 6.89. The zero-order valence-corrected chi connectivity index (χ0v) is 20.2. The molecule has 0 spiro atoms. The van der Waals surface area contributed by atoms with Crippen molar-refractivity contribution in [2.45, 2.75) is 39.4 Å². The van der Waals surface area contributed by atoms with Gasteiger partial charge in [0.05, 0.1) is 30.2 Å². The standard InChI is InChI=1S/C25H27ClN6O2/c1-14(2)32-8-7-15-9-20(21(34-3)10-17(15)13-32)30-25-28-12-18(26)23(31-25)29-19-6-4-5-16-11-27-24(33)22(16)19/h4-6,9-10,12,14H,7-8,11,13H2,1-3H3,(H,27,33)(H2,28,29,30,31). The van der Waals surface area contributed by atoms with E-state index in [1.54, 1.807) is 7.11 Å². The maximum atomic E-state index is 12.3. The van der Waals surface area contributed by atoms with E-state index in [2.05, 4.69) is 56.8 Å². The summed E-state index contributed by atoms with van der Waals surface area (Å²) in [5.41, 5.74) is 5.57. The van der Waals surface area contributed by atoms with Gasteiger partial charge in [0, 0.05) is 25.7 Å². The molecular weight excluding hydrogens is 452 g/mol. The second-order valence-electron chi connectivity index (χ2n) is 8.80. The molecule has 2 aromatic carbocycles. The first-order chi connectivity index (χ1) is 16.4. The highest BCUT2D eigenvalue weighted by Gasteiger charge is 2.24. The number of benzene rings is 2. The topological polar surface area (TPSA) is 91.4 Å². The Morgan fingerprint density at radius 1 is 1.15 bits per heavy atom. The van der Waals surface area contributed by atoms with Crippen LogP contribution in [-0.2, 0) is 19.5 Å². The van der Waals surface area contributed by atoms with E-state index < -0.39 is 0 Å². The molecule has 2 aliphatic heterocycles. The van der Waals surface area contributed by atoms with E-state index in [-0.39, 0.29) is 5.91 Å². The monoisotopic (exact) mass is 478 g/mol. The van der Waals surface area contributed by atoms with Crippen molar-refractivity contribution in [3.63, 3.8) is 0 Å². The zero-order valence-electron chi connectivity index (χ0n) is 19.4. The Bertz CT molecular complexity index is 1260. The average molecular weight is 479 g/mol. The first-order valence-corrected chi connectivity index (χ1v) is 11.7. The fourth-order valence-corrected chi connectivity index (χ4v) is 4.60. The van der Waals surface area contributed by atoms with Crippen molar-refractivity contribution in [1.29, 1.82) is 0 Å². The lowest BCUT2D eigenvalue weighted by Gasteiger charge is -2.32. The highest BCUT2D eigenvalue weighted by atomic mass is 35.5. The van der Waals surface area contributed by atoms with Crippen molar-refractivity contribution < 1.29 is 9.53 Å². The highest BCUT2D eigenvalue weighted by Crippen LogP contribution is 2.35. The number of hydrogen-bond donors (Lipinski definition) is 3. The Balaban J connectivity index is 1.42. The molecule has 0 unspecified atom stereocenters. The third-order valence-electron chi connectivity index (χ3n) is 6.35. The molecule has 1 amide bonds. The Kier molecular flexibility index (Phi) is 6.02. The van der Waals surface area contributed by atoms with Crippen LogP contribution < -0.4 is 20.7 Å². The lowest BCUT2D eigenvalue weighted by Crippen LogP contribution is -2.35. The second-order valence-corrected chi connectivity index (χ2v) is 9.21. The summed E-state index contributed by atoms with van der Waals surface area (Å²) in [6, 6.07) is 10.4. The summed E-state index contributed by atoms with van der Waals surface area (Å²) >= 11 is 6.38. The van der Waals surface area contributed by atoms with Gasteiger partial charge in [-0.3, -0.25) is 9.69 Å². The lowest BCUT2D eigenvalue weighted by atomic mass is 9.97. The van der Waals surface area contributed by atoms with Gasteiger partial charge in [-0.05, 0) is 55.2 Å². The largest absolute Gasteiger partial charge is 0.495 e. The average Bonchev–Trinajstić information content (AvgIpc) is 3.22. The van der Waals surface area contributed by atoms with Gasteiger partial charge >= 0.3 is 0 Å². The number of carbonyl (C=O) groups is 1.